The lowest BCUT2D eigenvalue weighted by atomic mass is 10.3. The van der Waals surface area contributed by atoms with Crippen molar-refractivity contribution in [2.45, 2.75) is 15.3 Å². The molecule has 2 N–H and O–H groups in total. The zero-order valence-corrected chi connectivity index (χ0v) is 8.83. The third-order valence-electron chi connectivity index (χ3n) is 1.61. The normalized spacial score (nSPS) is 12.8. The average molecular weight is 257 g/mol. The van der Waals surface area contributed by atoms with Gasteiger partial charge in [-0.05, 0) is 18.2 Å². The molecular formula is C7H6F3NO2S2. The van der Waals surface area contributed by atoms with Crippen molar-refractivity contribution in [3.63, 3.8) is 0 Å². The van der Waals surface area contributed by atoms with Gasteiger partial charge in [-0.1, -0.05) is 0 Å². The first kappa shape index (κ1) is 12.2. The lowest BCUT2D eigenvalue weighted by Crippen LogP contribution is -2.23. The maximum atomic E-state index is 12.1. The Bertz CT molecular complexity index is 481. The van der Waals surface area contributed by atoms with Crippen LogP contribution in [0, 0.1) is 0 Å². The van der Waals surface area contributed by atoms with Gasteiger partial charge in [-0.3, -0.25) is 0 Å². The van der Waals surface area contributed by atoms with Gasteiger partial charge in [0.05, 0.1) is 4.90 Å². The van der Waals surface area contributed by atoms with Gasteiger partial charge in [0.1, 0.15) is 0 Å². The summed E-state index contributed by atoms with van der Waals surface area (Å²) >= 11 is 3.81. The molecule has 0 spiro atoms. The molecule has 3 nitrogen and oxygen atoms in total. The molecule has 0 saturated heterocycles. The van der Waals surface area contributed by atoms with Crippen LogP contribution in [0.25, 0.3) is 0 Å². The number of anilines is 1. The number of hydrogen-bond acceptors (Lipinski definition) is 4. The van der Waals surface area contributed by atoms with Gasteiger partial charge in [0.25, 0.3) is 9.84 Å². The van der Waals surface area contributed by atoms with E-state index in [1.807, 2.05) is 0 Å². The van der Waals surface area contributed by atoms with Gasteiger partial charge in [-0.15, -0.1) is 12.6 Å². The van der Waals surface area contributed by atoms with E-state index in [-0.39, 0.29) is 10.6 Å². The van der Waals surface area contributed by atoms with Crippen LogP contribution in [-0.4, -0.2) is 13.9 Å². The number of nitrogens with two attached hydrogens (primary N) is 1. The van der Waals surface area contributed by atoms with Crippen LogP contribution in [0.3, 0.4) is 0 Å². The molecule has 0 unspecified atom stereocenters. The van der Waals surface area contributed by atoms with E-state index in [9.17, 15) is 21.6 Å². The van der Waals surface area contributed by atoms with Gasteiger partial charge in [0.15, 0.2) is 0 Å². The minimum Gasteiger partial charge on any atom is -0.398 e. The summed E-state index contributed by atoms with van der Waals surface area (Å²) in [7, 11) is -5.33. The molecule has 0 atom stereocenters. The highest BCUT2D eigenvalue weighted by atomic mass is 32.2. The smallest absolute Gasteiger partial charge is 0.398 e. The molecule has 0 saturated carbocycles. The quantitative estimate of drug-likeness (QED) is 0.596. The monoisotopic (exact) mass is 257 g/mol. The van der Waals surface area contributed by atoms with Crippen LogP contribution >= 0.6 is 12.6 Å². The van der Waals surface area contributed by atoms with Gasteiger partial charge in [-0.2, -0.15) is 13.2 Å². The van der Waals surface area contributed by atoms with E-state index < -0.39 is 20.2 Å². The fourth-order valence-corrected chi connectivity index (χ4v) is 1.77. The van der Waals surface area contributed by atoms with Gasteiger partial charge in [0, 0.05) is 10.6 Å². The molecule has 1 aromatic rings. The van der Waals surface area contributed by atoms with Crippen molar-refractivity contribution in [2.75, 3.05) is 5.73 Å². The first-order chi connectivity index (χ1) is 6.66. The second kappa shape index (κ2) is 3.60. The number of nitrogen functional groups attached to an aromatic ring is 1. The fourth-order valence-electron chi connectivity index (χ4n) is 0.833. The molecule has 15 heavy (non-hydrogen) atoms. The second-order valence-electron chi connectivity index (χ2n) is 2.67. The van der Waals surface area contributed by atoms with Crippen molar-refractivity contribution in [2.24, 2.45) is 0 Å². The number of alkyl halides is 3. The van der Waals surface area contributed by atoms with E-state index in [0.717, 1.165) is 18.2 Å². The third-order valence-corrected chi connectivity index (χ3v) is 3.51. The predicted molar refractivity (Wildman–Crippen MR) is 51.3 cm³/mol. The number of sulfone groups is 1. The number of benzene rings is 1. The highest BCUT2D eigenvalue weighted by Crippen LogP contribution is 2.32. The van der Waals surface area contributed by atoms with E-state index in [1.54, 1.807) is 0 Å². The molecule has 0 heterocycles. The first-order valence-electron chi connectivity index (χ1n) is 3.56. The second-order valence-corrected chi connectivity index (χ2v) is 5.09. The highest BCUT2D eigenvalue weighted by molar-refractivity contribution is 7.92. The Morgan fingerprint density at radius 2 is 1.80 bits per heavy atom. The SMILES string of the molecule is Nc1cc(S(=O)(=O)C(F)(F)F)ccc1S. The van der Waals surface area contributed by atoms with E-state index in [1.165, 1.54) is 0 Å². The fraction of sp³-hybridized carbons (Fsp3) is 0.143. The van der Waals surface area contributed by atoms with Crippen molar-refractivity contribution < 1.29 is 21.6 Å². The van der Waals surface area contributed by atoms with Crippen LogP contribution in [-0.2, 0) is 9.84 Å². The van der Waals surface area contributed by atoms with Crippen LogP contribution in [0.1, 0.15) is 0 Å². The summed E-state index contributed by atoms with van der Waals surface area (Å²) in [5.41, 5.74) is -0.191. The Hall–Kier alpha value is -0.890. The minimum atomic E-state index is -5.33. The molecule has 0 aromatic heterocycles. The van der Waals surface area contributed by atoms with Crippen LogP contribution in [0.2, 0.25) is 0 Å². The third kappa shape index (κ3) is 2.20. The van der Waals surface area contributed by atoms with Crippen molar-refractivity contribution >= 4 is 28.2 Å². The first-order valence-corrected chi connectivity index (χ1v) is 5.49. The van der Waals surface area contributed by atoms with E-state index in [4.69, 9.17) is 5.73 Å². The molecule has 0 bridgehead atoms. The molecule has 0 amide bonds. The lowest BCUT2D eigenvalue weighted by molar-refractivity contribution is -0.0435. The van der Waals surface area contributed by atoms with Gasteiger partial charge in [-0.25, -0.2) is 8.42 Å². The summed E-state index contributed by atoms with van der Waals surface area (Å²) in [6.45, 7) is 0. The Morgan fingerprint density at radius 3 is 2.20 bits per heavy atom. The Morgan fingerprint density at radius 1 is 1.27 bits per heavy atom. The van der Waals surface area contributed by atoms with Gasteiger partial charge in [0.2, 0.25) is 0 Å². The van der Waals surface area contributed by atoms with E-state index >= 15 is 0 Å². The Balaban J connectivity index is 3.36. The highest BCUT2D eigenvalue weighted by Gasteiger charge is 2.46. The predicted octanol–water partition coefficient (Wildman–Crippen LogP) is 1.85. The van der Waals surface area contributed by atoms with Crippen LogP contribution in [0.15, 0.2) is 28.0 Å². The molecule has 0 fully saturated rings. The average Bonchev–Trinajstić information content (AvgIpc) is 2.07. The molecule has 84 valence electrons. The summed E-state index contributed by atoms with van der Waals surface area (Å²) in [6, 6.07) is 2.63. The topological polar surface area (TPSA) is 60.2 Å². The van der Waals surface area contributed by atoms with Crippen LogP contribution in [0.4, 0.5) is 18.9 Å². The molecule has 0 aliphatic carbocycles. The number of halogens is 3. The number of thiol groups is 1. The Kier molecular flexibility index (Phi) is 2.92. The van der Waals surface area contributed by atoms with Gasteiger partial charge >= 0.3 is 5.51 Å². The van der Waals surface area contributed by atoms with Gasteiger partial charge < -0.3 is 5.73 Å². The van der Waals surface area contributed by atoms with E-state index in [2.05, 4.69) is 12.6 Å². The molecule has 8 heteroatoms. The van der Waals surface area contributed by atoms with Crippen molar-refractivity contribution in [1.29, 1.82) is 0 Å². The number of rotatable bonds is 1. The molecule has 1 rings (SSSR count). The summed E-state index contributed by atoms with van der Waals surface area (Å²) in [4.78, 5) is -0.665. The largest absolute Gasteiger partial charge is 0.501 e. The minimum absolute atomic E-state index is 0.122. The van der Waals surface area contributed by atoms with Crippen molar-refractivity contribution in [3.05, 3.63) is 18.2 Å². The maximum Gasteiger partial charge on any atom is 0.501 e. The van der Waals surface area contributed by atoms with Crippen molar-refractivity contribution in [3.8, 4) is 0 Å². The summed E-state index contributed by atoms with van der Waals surface area (Å²) in [5.74, 6) is 0. The summed E-state index contributed by atoms with van der Waals surface area (Å²) in [5, 5.41) is 0. The number of hydrogen-bond donors (Lipinski definition) is 2. The molecule has 0 radical (unpaired) electrons. The summed E-state index contributed by atoms with van der Waals surface area (Å²) in [6.07, 6.45) is 0. The summed E-state index contributed by atoms with van der Waals surface area (Å²) < 4.78 is 58.1. The standard InChI is InChI=1S/C7H6F3NO2S2/c8-7(9,10)15(12,13)4-1-2-6(14)5(11)3-4/h1-3,14H,11H2. The van der Waals surface area contributed by atoms with Crippen molar-refractivity contribution in [1.82, 2.24) is 0 Å². The lowest BCUT2D eigenvalue weighted by Gasteiger charge is -2.09. The van der Waals surface area contributed by atoms with Crippen LogP contribution < -0.4 is 5.73 Å². The molecule has 0 aliphatic rings. The molecule has 1 aromatic carbocycles. The van der Waals surface area contributed by atoms with Crippen LogP contribution in [0.5, 0.6) is 0 Å². The maximum absolute atomic E-state index is 12.1. The van der Waals surface area contributed by atoms with E-state index in [0.29, 0.717) is 0 Å². The zero-order valence-electron chi connectivity index (χ0n) is 7.12. The zero-order chi connectivity index (χ0) is 11.9. The Labute approximate surface area is 89.4 Å². The molecule has 0 aliphatic heterocycles. The molecular weight excluding hydrogens is 251 g/mol.